The van der Waals surface area contributed by atoms with Gasteiger partial charge in [0.2, 0.25) is 5.91 Å². The Balaban J connectivity index is 1.38. The highest BCUT2D eigenvalue weighted by molar-refractivity contribution is 7.09. The van der Waals surface area contributed by atoms with E-state index < -0.39 is 18.2 Å². The van der Waals surface area contributed by atoms with Gasteiger partial charge in [-0.25, -0.2) is 14.6 Å². The van der Waals surface area contributed by atoms with Crippen molar-refractivity contribution in [1.29, 1.82) is 0 Å². The van der Waals surface area contributed by atoms with Gasteiger partial charge in [-0.05, 0) is 49.1 Å². The number of rotatable bonds is 19. The van der Waals surface area contributed by atoms with Crippen LogP contribution in [-0.4, -0.2) is 101 Å². The van der Waals surface area contributed by atoms with Gasteiger partial charge in [0.15, 0.2) is 0 Å². The lowest BCUT2D eigenvalue weighted by molar-refractivity contribution is -0.124. The SMILES string of the molecule is CC(C)c1nc(CN(C)C(=O)N[C@@H](CCN2CCOCC2)C(=O)N[C@@H](Cc2ccccc2)CC(Cc2cncs2)[C@@H](Cc2ccccc2)NC(=O)O)cs1. The summed E-state index contributed by atoms with van der Waals surface area (Å²) in [5, 5.41) is 22.2. The van der Waals surface area contributed by atoms with E-state index in [-0.39, 0.29) is 23.9 Å². The first-order valence-electron chi connectivity index (χ1n) is 18.6. The van der Waals surface area contributed by atoms with Crippen LogP contribution in [-0.2, 0) is 35.3 Å². The van der Waals surface area contributed by atoms with Gasteiger partial charge in [-0.2, -0.15) is 0 Å². The molecule has 0 saturated carbocycles. The Hall–Kier alpha value is -4.37. The van der Waals surface area contributed by atoms with E-state index in [4.69, 9.17) is 4.74 Å². The second-order valence-corrected chi connectivity index (χ2v) is 16.1. The van der Waals surface area contributed by atoms with E-state index in [1.165, 1.54) is 11.3 Å². The molecule has 1 aliphatic rings. The third-order valence-corrected chi connectivity index (χ3v) is 11.6. The highest BCUT2D eigenvalue weighted by atomic mass is 32.1. The van der Waals surface area contributed by atoms with Crippen LogP contribution in [0.15, 0.2) is 77.8 Å². The van der Waals surface area contributed by atoms with Gasteiger partial charge < -0.3 is 30.7 Å². The van der Waals surface area contributed by atoms with Gasteiger partial charge in [-0.3, -0.25) is 14.7 Å². The lowest BCUT2D eigenvalue weighted by atomic mass is 9.84. The Morgan fingerprint density at radius 1 is 0.926 bits per heavy atom. The molecular formula is C40H53N7O5S2. The first-order valence-corrected chi connectivity index (χ1v) is 20.4. The van der Waals surface area contributed by atoms with E-state index in [0.717, 1.165) is 39.8 Å². The van der Waals surface area contributed by atoms with Crippen LogP contribution >= 0.6 is 22.7 Å². The summed E-state index contributed by atoms with van der Waals surface area (Å²) in [6, 6.07) is 17.9. The lowest BCUT2D eigenvalue weighted by Crippen LogP contribution is -2.54. The molecule has 290 valence electrons. The monoisotopic (exact) mass is 775 g/mol. The van der Waals surface area contributed by atoms with Crippen molar-refractivity contribution in [2.45, 2.75) is 76.5 Å². The molecule has 12 nitrogen and oxygen atoms in total. The largest absolute Gasteiger partial charge is 0.465 e. The fourth-order valence-corrected chi connectivity index (χ4v) is 8.27. The lowest BCUT2D eigenvalue weighted by Gasteiger charge is -2.33. The van der Waals surface area contributed by atoms with Crippen LogP contribution in [0.3, 0.4) is 0 Å². The minimum Gasteiger partial charge on any atom is -0.465 e. The zero-order valence-corrected chi connectivity index (χ0v) is 33.0. The number of aromatic nitrogens is 2. The molecule has 1 unspecified atom stereocenters. The van der Waals surface area contributed by atoms with Crippen molar-refractivity contribution >= 4 is 40.7 Å². The van der Waals surface area contributed by atoms with Crippen molar-refractivity contribution in [2.75, 3.05) is 39.9 Å². The number of morpholine rings is 1. The zero-order chi connectivity index (χ0) is 38.3. The average Bonchev–Trinajstić information content (AvgIpc) is 3.86. The van der Waals surface area contributed by atoms with E-state index >= 15 is 0 Å². The number of amides is 4. The van der Waals surface area contributed by atoms with Crippen molar-refractivity contribution in [2.24, 2.45) is 5.92 Å². The van der Waals surface area contributed by atoms with Crippen molar-refractivity contribution in [3.8, 4) is 0 Å². The summed E-state index contributed by atoms with van der Waals surface area (Å²) >= 11 is 3.12. The van der Waals surface area contributed by atoms with Crippen LogP contribution in [0.2, 0.25) is 0 Å². The molecule has 4 atom stereocenters. The van der Waals surface area contributed by atoms with Gasteiger partial charge >= 0.3 is 12.1 Å². The Bertz CT molecular complexity index is 1720. The van der Waals surface area contributed by atoms with E-state index in [1.807, 2.05) is 72.2 Å². The summed E-state index contributed by atoms with van der Waals surface area (Å²) in [7, 11) is 1.71. The second-order valence-electron chi connectivity index (χ2n) is 14.2. The van der Waals surface area contributed by atoms with Gasteiger partial charge in [0.1, 0.15) is 6.04 Å². The summed E-state index contributed by atoms with van der Waals surface area (Å²) < 4.78 is 5.54. The maximum atomic E-state index is 14.4. The standard InChI is InChI=1S/C40H53N7O5S2/c1-28(2)38-43-33(26-53-38)25-46(3)39(49)44-35(14-15-47-16-18-52-19-17-47)37(48)42-32(20-29-10-6-4-7-11-29)22-31(23-34-24-41-27-54-34)36(45-40(50)51)21-30-12-8-5-9-13-30/h4-13,24,26-28,31-32,35-36,45H,14-23,25H2,1-3H3,(H,42,48)(H,44,49)(H,50,51)/t31?,32-,35-,36+/m0/s1. The number of nitrogens with one attached hydrogen (secondary N) is 3. The highest BCUT2D eigenvalue weighted by Gasteiger charge is 2.31. The van der Waals surface area contributed by atoms with Crippen molar-refractivity contribution in [1.82, 2.24) is 35.7 Å². The first kappa shape index (κ1) is 40.8. The number of urea groups is 1. The number of carboxylic acid groups (broad SMARTS) is 1. The molecule has 5 rings (SSSR count). The molecule has 0 bridgehead atoms. The quantitative estimate of drug-likeness (QED) is 0.0933. The third-order valence-electron chi connectivity index (χ3n) is 9.64. The smallest absolute Gasteiger partial charge is 0.404 e. The number of hydrogen-bond donors (Lipinski definition) is 4. The molecule has 0 aliphatic carbocycles. The minimum atomic E-state index is -1.10. The molecule has 1 aliphatic heterocycles. The molecule has 4 amide bonds. The van der Waals surface area contributed by atoms with Gasteiger partial charge in [-0.1, -0.05) is 74.5 Å². The second kappa shape index (κ2) is 20.9. The summed E-state index contributed by atoms with van der Waals surface area (Å²) in [5.41, 5.74) is 4.65. The number of hydrogen-bond acceptors (Lipinski definition) is 9. The molecule has 14 heteroatoms. The summed E-state index contributed by atoms with van der Waals surface area (Å²) in [4.78, 5) is 54.1. The number of carbonyl (C=O) groups excluding carboxylic acids is 2. The van der Waals surface area contributed by atoms with Crippen LogP contribution in [0.5, 0.6) is 0 Å². The summed E-state index contributed by atoms with van der Waals surface area (Å²) in [6.07, 6.45) is 3.24. The van der Waals surface area contributed by atoms with Gasteiger partial charge in [0, 0.05) is 61.1 Å². The zero-order valence-electron chi connectivity index (χ0n) is 31.4. The number of carbonyl (C=O) groups is 3. The number of thiazole rings is 2. The fourth-order valence-electron chi connectivity index (χ4n) is 6.75. The molecule has 1 saturated heterocycles. The van der Waals surface area contributed by atoms with Crippen LogP contribution in [0.25, 0.3) is 0 Å². The van der Waals surface area contributed by atoms with Crippen LogP contribution in [0, 0.1) is 5.92 Å². The van der Waals surface area contributed by atoms with Crippen molar-refractivity contribution in [3.05, 3.63) is 104 Å². The molecule has 4 N–H and O–H groups in total. The number of ether oxygens (including phenoxy) is 1. The van der Waals surface area contributed by atoms with E-state index in [2.05, 4.69) is 44.7 Å². The van der Waals surface area contributed by atoms with Gasteiger partial charge in [0.25, 0.3) is 0 Å². The molecule has 0 spiro atoms. The van der Waals surface area contributed by atoms with E-state index in [1.54, 1.807) is 28.8 Å². The van der Waals surface area contributed by atoms with Gasteiger partial charge in [-0.15, -0.1) is 22.7 Å². The topological polar surface area (TPSA) is 149 Å². The highest BCUT2D eigenvalue weighted by Crippen LogP contribution is 2.25. The Kier molecular flexibility index (Phi) is 15.8. The predicted molar refractivity (Wildman–Crippen MR) is 213 cm³/mol. The fraction of sp³-hybridized carbons (Fsp3) is 0.475. The number of benzene rings is 2. The maximum absolute atomic E-state index is 14.4. The number of nitrogens with zero attached hydrogens (tertiary/aromatic N) is 4. The Morgan fingerprint density at radius 3 is 2.22 bits per heavy atom. The van der Waals surface area contributed by atoms with E-state index in [0.29, 0.717) is 64.3 Å². The van der Waals surface area contributed by atoms with Crippen LogP contribution in [0.4, 0.5) is 9.59 Å². The van der Waals surface area contributed by atoms with Crippen molar-refractivity contribution < 1.29 is 24.2 Å². The molecule has 3 heterocycles. The average molecular weight is 776 g/mol. The first-order chi connectivity index (χ1) is 26.1. The Morgan fingerprint density at radius 2 is 1.61 bits per heavy atom. The molecule has 2 aromatic heterocycles. The minimum absolute atomic E-state index is 0.183. The van der Waals surface area contributed by atoms with Crippen LogP contribution in [0.1, 0.15) is 59.3 Å². The third kappa shape index (κ3) is 13.2. The molecular weight excluding hydrogens is 723 g/mol. The van der Waals surface area contributed by atoms with Crippen LogP contribution < -0.4 is 16.0 Å². The molecule has 0 radical (unpaired) electrons. The predicted octanol–water partition coefficient (Wildman–Crippen LogP) is 5.81. The van der Waals surface area contributed by atoms with Gasteiger partial charge in [0.05, 0.1) is 36.0 Å². The summed E-state index contributed by atoms with van der Waals surface area (Å²) in [5.74, 6) is -0.156. The summed E-state index contributed by atoms with van der Waals surface area (Å²) in [6.45, 7) is 7.92. The molecule has 1 fully saturated rings. The van der Waals surface area contributed by atoms with E-state index in [9.17, 15) is 19.5 Å². The Labute approximate surface area is 326 Å². The normalized spacial score (nSPS) is 15.6. The maximum Gasteiger partial charge on any atom is 0.404 e. The van der Waals surface area contributed by atoms with Crippen molar-refractivity contribution in [3.63, 3.8) is 0 Å². The molecule has 54 heavy (non-hydrogen) atoms. The molecule has 2 aromatic carbocycles. The molecule has 4 aromatic rings.